The average Bonchev–Trinajstić information content (AvgIpc) is 2.27. The zero-order chi connectivity index (χ0) is 11.5. The molecule has 0 saturated carbocycles. The van der Waals surface area contributed by atoms with Crippen molar-refractivity contribution < 1.29 is 4.39 Å². The number of pyridine rings is 1. The fraction of sp³-hybridized carbons (Fsp3) is 0.0833. The molecule has 0 spiro atoms. The third kappa shape index (κ3) is 2.39. The van der Waals surface area contributed by atoms with E-state index in [1.54, 1.807) is 19.2 Å². The highest BCUT2D eigenvalue weighted by Gasteiger charge is 2.02. The molecule has 16 heavy (non-hydrogen) atoms. The van der Waals surface area contributed by atoms with Gasteiger partial charge in [0.25, 0.3) is 0 Å². The highest BCUT2D eigenvalue weighted by Crippen LogP contribution is 2.23. The van der Waals surface area contributed by atoms with Gasteiger partial charge in [-0.3, -0.25) is 0 Å². The minimum absolute atomic E-state index is 0.225. The van der Waals surface area contributed by atoms with Crippen molar-refractivity contribution in [3.63, 3.8) is 0 Å². The number of aromatic nitrogens is 1. The summed E-state index contributed by atoms with van der Waals surface area (Å²) in [5, 5.41) is 3.04. The number of anilines is 2. The SMILES string of the molecule is Cc1ccc(Nc2ncccc2Br)cc1F. The zero-order valence-corrected chi connectivity index (χ0v) is 10.3. The first-order valence-corrected chi connectivity index (χ1v) is 5.60. The lowest BCUT2D eigenvalue weighted by molar-refractivity contribution is 0.619. The Hall–Kier alpha value is -1.42. The van der Waals surface area contributed by atoms with Crippen LogP contribution >= 0.6 is 15.9 Å². The smallest absolute Gasteiger partial charge is 0.144 e. The van der Waals surface area contributed by atoms with Crippen LogP contribution < -0.4 is 5.32 Å². The van der Waals surface area contributed by atoms with Crippen molar-refractivity contribution in [2.45, 2.75) is 6.92 Å². The maximum absolute atomic E-state index is 13.3. The number of rotatable bonds is 2. The van der Waals surface area contributed by atoms with E-state index in [9.17, 15) is 4.39 Å². The number of hydrogen-bond acceptors (Lipinski definition) is 2. The van der Waals surface area contributed by atoms with Crippen molar-refractivity contribution in [3.8, 4) is 0 Å². The van der Waals surface area contributed by atoms with Crippen molar-refractivity contribution in [1.82, 2.24) is 4.98 Å². The van der Waals surface area contributed by atoms with Crippen LogP contribution in [0.4, 0.5) is 15.9 Å². The van der Waals surface area contributed by atoms with Gasteiger partial charge in [-0.2, -0.15) is 0 Å². The molecule has 82 valence electrons. The first-order chi connectivity index (χ1) is 7.66. The van der Waals surface area contributed by atoms with Crippen molar-refractivity contribution in [1.29, 1.82) is 0 Å². The van der Waals surface area contributed by atoms with E-state index in [1.807, 2.05) is 18.2 Å². The number of benzene rings is 1. The van der Waals surface area contributed by atoms with Crippen molar-refractivity contribution in [2.75, 3.05) is 5.32 Å². The van der Waals surface area contributed by atoms with Crippen LogP contribution in [0.1, 0.15) is 5.56 Å². The van der Waals surface area contributed by atoms with Gasteiger partial charge in [-0.1, -0.05) is 6.07 Å². The molecule has 1 heterocycles. The molecule has 2 aromatic rings. The van der Waals surface area contributed by atoms with Gasteiger partial charge in [0.1, 0.15) is 11.6 Å². The summed E-state index contributed by atoms with van der Waals surface area (Å²) in [6, 6.07) is 8.70. The molecule has 1 aromatic carbocycles. The van der Waals surface area contributed by atoms with Gasteiger partial charge in [-0.15, -0.1) is 0 Å². The molecule has 2 nitrogen and oxygen atoms in total. The molecule has 1 N–H and O–H groups in total. The van der Waals surface area contributed by atoms with Gasteiger partial charge in [0.2, 0.25) is 0 Å². The zero-order valence-electron chi connectivity index (χ0n) is 8.67. The molecule has 0 bridgehead atoms. The summed E-state index contributed by atoms with van der Waals surface area (Å²) < 4.78 is 14.2. The monoisotopic (exact) mass is 280 g/mol. The molecule has 0 fully saturated rings. The van der Waals surface area contributed by atoms with Crippen molar-refractivity contribution in [2.24, 2.45) is 0 Å². The molecule has 0 amide bonds. The Bertz CT molecular complexity index is 514. The molecular formula is C12H10BrFN2. The predicted molar refractivity (Wildman–Crippen MR) is 66.4 cm³/mol. The van der Waals surface area contributed by atoms with Crippen LogP contribution in [0.2, 0.25) is 0 Å². The van der Waals surface area contributed by atoms with E-state index in [1.165, 1.54) is 6.07 Å². The summed E-state index contributed by atoms with van der Waals surface area (Å²) in [6.07, 6.45) is 1.68. The van der Waals surface area contributed by atoms with E-state index < -0.39 is 0 Å². The quantitative estimate of drug-likeness (QED) is 0.898. The number of halogens is 2. The molecule has 0 aliphatic heterocycles. The Labute approximate surface area is 102 Å². The molecule has 0 aliphatic rings. The summed E-state index contributed by atoms with van der Waals surface area (Å²) in [5.74, 6) is 0.447. The molecule has 0 radical (unpaired) electrons. The van der Waals surface area contributed by atoms with Crippen LogP contribution in [0.5, 0.6) is 0 Å². The second-order valence-electron chi connectivity index (χ2n) is 3.42. The Kier molecular flexibility index (Phi) is 3.19. The van der Waals surface area contributed by atoms with Gasteiger partial charge in [-0.05, 0) is 52.7 Å². The molecule has 0 atom stereocenters. The van der Waals surface area contributed by atoms with Crippen molar-refractivity contribution in [3.05, 3.63) is 52.4 Å². The lowest BCUT2D eigenvalue weighted by Crippen LogP contribution is -1.95. The molecule has 0 aliphatic carbocycles. The van der Waals surface area contributed by atoms with Gasteiger partial charge in [-0.25, -0.2) is 9.37 Å². The Morgan fingerprint density at radius 2 is 2.12 bits per heavy atom. The molecule has 0 saturated heterocycles. The normalized spacial score (nSPS) is 10.2. The molecular weight excluding hydrogens is 271 g/mol. The largest absolute Gasteiger partial charge is 0.339 e. The molecule has 2 rings (SSSR count). The van der Waals surface area contributed by atoms with Crippen LogP contribution in [0.15, 0.2) is 41.0 Å². The van der Waals surface area contributed by atoms with E-state index in [0.717, 1.165) is 4.47 Å². The van der Waals surface area contributed by atoms with Gasteiger partial charge in [0.05, 0.1) is 4.47 Å². The van der Waals surface area contributed by atoms with E-state index in [4.69, 9.17) is 0 Å². The standard InChI is InChI=1S/C12H10BrFN2/c1-8-4-5-9(7-11(8)14)16-12-10(13)3-2-6-15-12/h2-7H,1H3,(H,15,16). The maximum atomic E-state index is 13.3. The summed E-state index contributed by atoms with van der Waals surface area (Å²) in [6.45, 7) is 1.73. The Morgan fingerprint density at radius 1 is 1.31 bits per heavy atom. The van der Waals surface area contributed by atoms with Crippen molar-refractivity contribution >= 4 is 27.4 Å². The van der Waals surface area contributed by atoms with E-state index in [-0.39, 0.29) is 5.82 Å². The van der Waals surface area contributed by atoms with Crippen LogP contribution in [-0.2, 0) is 0 Å². The minimum Gasteiger partial charge on any atom is -0.339 e. The molecule has 4 heteroatoms. The number of hydrogen-bond donors (Lipinski definition) is 1. The Morgan fingerprint density at radius 3 is 2.81 bits per heavy atom. The lowest BCUT2D eigenvalue weighted by Gasteiger charge is -2.07. The van der Waals surface area contributed by atoms with Gasteiger partial charge in [0.15, 0.2) is 0 Å². The first-order valence-electron chi connectivity index (χ1n) is 4.80. The van der Waals surface area contributed by atoms with E-state index >= 15 is 0 Å². The highest BCUT2D eigenvalue weighted by molar-refractivity contribution is 9.10. The van der Waals surface area contributed by atoms with Gasteiger partial charge < -0.3 is 5.32 Å². The van der Waals surface area contributed by atoms with E-state index in [0.29, 0.717) is 17.1 Å². The van der Waals surface area contributed by atoms with Crippen LogP contribution in [0, 0.1) is 12.7 Å². The van der Waals surface area contributed by atoms with Crippen LogP contribution in [-0.4, -0.2) is 4.98 Å². The first kappa shape index (κ1) is 11.1. The van der Waals surface area contributed by atoms with Gasteiger partial charge in [0, 0.05) is 11.9 Å². The predicted octanol–water partition coefficient (Wildman–Crippen LogP) is 4.04. The maximum Gasteiger partial charge on any atom is 0.144 e. The van der Waals surface area contributed by atoms with E-state index in [2.05, 4.69) is 26.2 Å². The number of aryl methyl sites for hydroxylation is 1. The number of nitrogens with zero attached hydrogens (tertiary/aromatic N) is 1. The fourth-order valence-electron chi connectivity index (χ4n) is 1.28. The third-order valence-corrected chi connectivity index (χ3v) is 2.83. The molecule has 1 aromatic heterocycles. The lowest BCUT2D eigenvalue weighted by atomic mass is 10.2. The third-order valence-electron chi connectivity index (χ3n) is 2.19. The summed E-state index contributed by atoms with van der Waals surface area (Å²) in [4.78, 5) is 4.15. The second-order valence-corrected chi connectivity index (χ2v) is 4.28. The second kappa shape index (κ2) is 4.61. The topological polar surface area (TPSA) is 24.9 Å². The van der Waals surface area contributed by atoms with Gasteiger partial charge >= 0.3 is 0 Å². The van der Waals surface area contributed by atoms with Crippen LogP contribution in [0.3, 0.4) is 0 Å². The Balaban J connectivity index is 2.28. The fourth-order valence-corrected chi connectivity index (χ4v) is 1.64. The molecule has 0 unspecified atom stereocenters. The summed E-state index contributed by atoms with van der Waals surface area (Å²) in [7, 11) is 0. The van der Waals surface area contributed by atoms with Crippen LogP contribution in [0.25, 0.3) is 0 Å². The summed E-state index contributed by atoms with van der Waals surface area (Å²) in [5.41, 5.74) is 1.31. The minimum atomic E-state index is -0.225. The number of nitrogens with one attached hydrogen (secondary N) is 1. The average molecular weight is 281 g/mol. The summed E-state index contributed by atoms with van der Waals surface area (Å²) >= 11 is 3.37. The highest BCUT2D eigenvalue weighted by atomic mass is 79.9.